The molecule has 44 heavy (non-hydrogen) atoms. The number of fused-ring (bicyclic) bond motifs is 2. The van der Waals surface area contributed by atoms with Crippen LogP contribution in [0.15, 0.2) is 61.1 Å². The number of carbonyl (C=O) groups is 1. The molecule has 0 saturated carbocycles. The molecule has 2 atom stereocenters. The lowest BCUT2D eigenvalue weighted by Gasteiger charge is -2.35. The highest BCUT2D eigenvalue weighted by molar-refractivity contribution is 5.95. The van der Waals surface area contributed by atoms with Gasteiger partial charge < -0.3 is 9.64 Å². The van der Waals surface area contributed by atoms with Gasteiger partial charge in [0.05, 0.1) is 23.4 Å². The first-order chi connectivity index (χ1) is 21.2. The van der Waals surface area contributed by atoms with Gasteiger partial charge in [-0.2, -0.15) is 18.3 Å². The molecule has 2 aliphatic heterocycles. The van der Waals surface area contributed by atoms with Crippen LogP contribution in [0.1, 0.15) is 55.1 Å². The maximum atomic E-state index is 13.2. The second-order valence-corrected chi connectivity index (χ2v) is 11.4. The first-order valence-corrected chi connectivity index (χ1v) is 14.7. The molecule has 2 aromatic carbocycles. The molecule has 226 valence electrons. The minimum absolute atomic E-state index is 0.0142. The van der Waals surface area contributed by atoms with E-state index in [2.05, 4.69) is 33.5 Å². The van der Waals surface area contributed by atoms with Gasteiger partial charge in [0.1, 0.15) is 11.4 Å². The Labute approximate surface area is 251 Å². The van der Waals surface area contributed by atoms with Crippen molar-refractivity contribution in [1.82, 2.24) is 34.7 Å². The maximum absolute atomic E-state index is 13.2. The number of nitrogens with zero attached hydrogens (tertiary/aromatic N) is 7. The third-order valence-corrected chi connectivity index (χ3v) is 8.66. The number of aromatic nitrogens is 6. The average molecular weight is 602 g/mol. The fourth-order valence-corrected chi connectivity index (χ4v) is 6.28. The van der Waals surface area contributed by atoms with E-state index in [4.69, 9.17) is 9.84 Å². The van der Waals surface area contributed by atoms with E-state index in [1.165, 1.54) is 0 Å². The predicted octanol–water partition coefficient (Wildman–Crippen LogP) is 6.36. The van der Waals surface area contributed by atoms with Gasteiger partial charge in [0, 0.05) is 36.5 Å². The van der Waals surface area contributed by atoms with Crippen LogP contribution in [0.3, 0.4) is 0 Å². The molecule has 1 amide bonds. The summed E-state index contributed by atoms with van der Waals surface area (Å²) in [5, 5.41) is 14.7. The van der Waals surface area contributed by atoms with Crippen LogP contribution in [0.2, 0.25) is 0 Å². The Morgan fingerprint density at radius 2 is 1.95 bits per heavy atom. The molecule has 3 aromatic heterocycles. The fraction of sp³-hybridized carbons (Fsp3) is 0.344. The number of aryl methyl sites for hydroxylation is 1. The SMILES string of the molecule is Cc1ccncc1-c1ccc2c(c1)c(-c1cn(-c3ccc4c(c3)C(C)N(C(=O)C(F)(F)F)CC4)nn1)nn2C1CCCCO1. The van der Waals surface area contributed by atoms with E-state index in [9.17, 15) is 18.0 Å². The highest BCUT2D eigenvalue weighted by Crippen LogP contribution is 2.37. The Bertz CT molecular complexity index is 1870. The Hall–Kier alpha value is -4.58. The maximum Gasteiger partial charge on any atom is 0.471 e. The lowest BCUT2D eigenvalue weighted by atomic mass is 9.93. The van der Waals surface area contributed by atoms with Crippen molar-refractivity contribution in [3.63, 3.8) is 0 Å². The molecule has 12 heteroatoms. The van der Waals surface area contributed by atoms with Crippen molar-refractivity contribution in [2.45, 2.75) is 58.0 Å². The van der Waals surface area contributed by atoms with Gasteiger partial charge in [-0.15, -0.1) is 5.10 Å². The van der Waals surface area contributed by atoms with Crippen LogP contribution >= 0.6 is 0 Å². The number of benzene rings is 2. The molecule has 0 bridgehead atoms. The quantitative estimate of drug-likeness (QED) is 0.238. The van der Waals surface area contributed by atoms with Crippen LogP contribution in [-0.2, 0) is 16.0 Å². The molecular formula is C32H30F3N7O2. The molecular weight excluding hydrogens is 571 g/mol. The Balaban J connectivity index is 1.28. The van der Waals surface area contributed by atoms with Gasteiger partial charge in [0.25, 0.3) is 0 Å². The summed E-state index contributed by atoms with van der Waals surface area (Å²) in [6.45, 7) is 4.35. The standard InChI is InChI=1S/C32H30F3N7O2/c1-19-10-12-36-17-26(19)22-7-9-28-25(15-22)30(38-42(28)29-5-3-4-14-44-29)27-18-41(39-37-27)23-8-6-21-11-13-40(20(2)24(21)16-23)31(43)32(33,34)35/h6-10,12,15-18,20,29H,3-5,11,13-14H2,1-2H3. The number of halogens is 3. The predicted molar refractivity (Wildman–Crippen MR) is 157 cm³/mol. The average Bonchev–Trinajstić information content (AvgIpc) is 3.66. The Morgan fingerprint density at radius 1 is 1.09 bits per heavy atom. The molecule has 7 rings (SSSR count). The summed E-state index contributed by atoms with van der Waals surface area (Å²) >= 11 is 0. The zero-order chi connectivity index (χ0) is 30.6. The topological polar surface area (TPSA) is 91.0 Å². The zero-order valence-corrected chi connectivity index (χ0v) is 24.3. The number of hydrogen-bond acceptors (Lipinski definition) is 6. The number of hydrogen-bond donors (Lipinski definition) is 0. The zero-order valence-electron chi connectivity index (χ0n) is 24.3. The lowest BCUT2D eigenvalue weighted by molar-refractivity contribution is -0.188. The van der Waals surface area contributed by atoms with E-state index in [-0.39, 0.29) is 12.8 Å². The summed E-state index contributed by atoms with van der Waals surface area (Å²) in [7, 11) is 0. The summed E-state index contributed by atoms with van der Waals surface area (Å²) in [5.41, 5.74) is 7.43. The van der Waals surface area contributed by atoms with Gasteiger partial charge in [-0.25, -0.2) is 9.36 Å². The number of carbonyl (C=O) groups excluding carboxylic acids is 1. The second kappa shape index (κ2) is 10.8. The van der Waals surface area contributed by atoms with Crippen molar-refractivity contribution in [3.05, 3.63) is 77.7 Å². The molecule has 9 nitrogen and oxygen atoms in total. The highest BCUT2D eigenvalue weighted by Gasteiger charge is 2.45. The van der Waals surface area contributed by atoms with Crippen LogP contribution in [0.5, 0.6) is 0 Å². The summed E-state index contributed by atoms with van der Waals surface area (Å²) in [4.78, 5) is 17.3. The summed E-state index contributed by atoms with van der Waals surface area (Å²) in [5.74, 6) is -1.82. The molecule has 2 aliphatic rings. The summed E-state index contributed by atoms with van der Waals surface area (Å²) in [6.07, 6.45) is 3.54. The third-order valence-electron chi connectivity index (χ3n) is 8.66. The minimum Gasteiger partial charge on any atom is -0.356 e. The van der Waals surface area contributed by atoms with Crippen molar-refractivity contribution in [2.75, 3.05) is 13.2 Å². The van der Waals surface area contributed by atoms with Crippen LogP contribution in [0, 0.1) is 6.92 Å². The van der Waals surface area contributed by atoms with Crippen molar-refractivity contribution in [1.29, 1.82) is 0 Å². The van der Waals surface area contributed by atoms with E-state index in [0.717, 1.165) is 57.3 Å². The third kappa shape index (κ3) is 4.92. The molecule has 1 saturated heterocycles. The normalized spacial score (nSPS) is 18.9. The molecule has 0 radical (unpaired) electrons. The first kappa shape index (κ1) is 28.2. The van der Waals surface area contributed by atoms with E-state index in [0.29, 0.717) is 35.7 Å². The van der Waals surface area contributed by atoms with Gasteiger partial charge in [0.15, 0.2) is 6.23 Å². The summed E-state index contributed by atoms with van der Waals surface area (Å²) < 4.78 is 49.3. The van der Waals surface area contributed by atoms with Crippen LogP contribution in [0.25, 0.3) is 39.1 Å². The monoisotopic (exact) mass is 601 g/mol. The Morgan fingerprint density at radius 3 is 2.73 bits per heavy atom. The molecule has 2 unspecified atom stereocenters. The second-order valence-electron chi connectivity index (χ2n) is 11.4. The lowest BCUT2D eigenvalue weighted by Crippen LogP contribution is -2.45. The minimum atomic E-state index is -4.92. The first-order valence-electron chi connectivity index (χ1n) is 14.7. The van der Waals surface area contributed by atoms with Gasteiger partial charge in [-0.1, -0.05) is 17.3 Å². The van der Waals surface area contributed by atoms with Crippen LogP contribution < -0.4 is 0 Å². The smallest absolute Gasteiger partial charge is 0.356 e. The van der Waals surface area contributed by atoms with Gasteiger partial charge >= 0.3 is 12.1 Å². The number of alkyl halides is 3. The van der Waals surface area contributed by atoms with Gasteiger partial charge in [-0.3, -0.25) is 9.78 Å². The number of amides is 1. The van der Waals surface area contributed by atoms with Gasteiger partial charge in [0.2, 0.25) is 0 Å². The van der Waals surface area contributed by atoms with E-state index >= 15 is 0 Å². The molecule has 5 heterocycles. The highest BCUT2D eigenvalue weighted by atomic mass is 19.4. The van der Waals surface area contributed by atoms with Crippen molar-refractivity contribution in [2.24, 2.45) is 0 Å². The fourth-order valence-electron chi connectivity index (χ4n) is 6.28. The Kier molecular flexibility index (Phi) is 6.95. The molecule has 0 spiro atoms. The van der Waals surface area contributed by atoms with Crippen molar-refractivity contribution >= 4 is 16.8 Å². The van der Waals surface area contributed by atoms with Crippen molar-refractivity contribution in [3.8, 4) is 28.2 Å². The van der Waals surface area contributed by atoms with Crippen LogP contribution in [-0.4, -0.2) is 59.9 Å². The molecule has 0 aliphatic carbocycles. The van der Waals surface area contributed by atoms with Gasteiger partial charge in [-0.05, 0) is 92.1 Å². The molecule has 5 aromatic rings. The van der Waals surface area contributed by atoms with Crippen molar-refractivity contribution < 1.29 is 22.7 Å². The van der Waals surface area contributed by atoms with E-state index in [1.807, 2.05) is 36.0 Å². The van der Waals surface area contributed by atoms with E-state index in [1.54, 1.807) is 30.1 Å². The molecule has 1 fully saturated rings. The molecule has 0 N–H and O–H groups in total. The summed E-state index contributed by atoms with van der Waals surface area (Å²) in [6, 6.07) is 13.0. The number of pyridine rings is 1. The van der Waals surface area contributed by atoms with E-state index < -0.39 is 18.1 Å². The number of ether oxygens (including phenoxy) is 1. The largest absolute Gasteiger partial charge is 0.471 e. The number of rotatable bonds is 4. The van der Waals surface area contributed by atoms with Crippen LogP contribution in [0.4, 0.5) is 13.2 Å².